The van der Waals surface area contributed by atoms with Crippen molar-refractivity contribution < 1.29 is 4.79 Å². The van der Waals surface area contributed by atoms with Crippen LogP contribution in [0.5, 0.6) is 0 Å². The van der Waals surface area contributed by atoms with Gasteiger partial charge in [0.2, 0.25) is 0 Å². The molecule has 0 radical (unpaired) electrons. The van der Waals surface area contributed by atoms with Gasteiger partial charge in [0.15, 0.2) is 0 Å². The number of nitrogens with two attached hydrogens (primary N) is 1. The number of hydrogen-bond donors (Lipinski definition) is 2. The Morgan fingerprint density at radius 3 is 2.48 bits per heavy atom. The maximum Gasteiger partial charge on any atom is 0.256 e. The second-order valence-electron chi connectivity index (χ2n) is 5.41. The average molecular weight is 282 g/mol. The van der Waals surface area contributed by atoms with Crippen molar-refractivity contribution >= 4 is 17.3 Å². The predicted octanol–water partition coefficient (Wildman–Crippen LogP) is 4.34. The molecule has 110 valence electrons. The van der Waals surface area contributed by atoms with E-state index in [1.54, 1.807) is 18.2 Å². The molecular weight excluding hydrogens is 260 g/mol. The van der Waals surface area contributed by atoms with Crippen LogP contribution in [0.2, 0.25) is 0 Å². The van der Waals surface area contributed by atoms with Crippen molar-refractivity contribution in [1.82, 2.24) is 0 Å². The van der Waals surface area contributed by atoms with Crippen LogP contribution in [-0.4, -0.2) is 5.91 Å². The zero-order valence-corrected chi connectivity index (χ0v) is 12.8. The van der Waals surface area contributed by atoms with Crippen molar-refractivity contribution in [3.63, 3.8) is 0 Å². The zero-order valence-electron chi connectivity index (χ0n) is 12.8. The molecule has 0 saturated heterocycles. The highest BCUT2D eigenvalue weighted by molar-refractivity contribution is 6.06. The second kappa shape index (κ2) is 6.44. The first-order chi connectivity index (χ1) is 10.0. The number of rotatable bonds is 4. The van der Waals surface area contributed by atoms with Crippen LogP contribution in [0, 0.1) is 6.92 Å². The lowest BCUT2D eigenvalue weighted by Gasteiger charge is -2.12. The van der Waals surface area contributed by atoms with Crippen LogP contribution in [0.1, 0.15) is 47.7 Å². The summed E-state index contributed by atoms with van der Waals surface area (Å²) in [6, 6.07) is 13.4. The molecule has 0 bridgehead atoms. The number of carbonyl (C=O) groups excluding carboxylic acids is 1. The van der Waals surface area contributed by atoms with Crippen LogP contribution >= 0.6 is 0 Å². The molecule has 2 aromatic rings. The third-order valence-electron chi connectivity index (χ3n) is 3.97. The number of carbonyl (C=O) groups is 1. The fourth-order valence-corrected chi connectivity index (χ4v) is 2.23. The van der Waals surface area contributed by atoms with E-state index in [2.05, 4.69) is 31.3 Å². The summed E-state index contributed by atoms with van der Waals surface area (Å²) in [6.07, 6.45) is 1.11. The van der Waals surface area contributed by atoms with Crippen LogP contribution < -0.4 is 11.1 Å². The van der Waals surface area contributed by atoms with Crippen LogP contribution in [0.4, 0.5) is 11.4 Å². The molecule has 3 N–H and O–H groups in total. The summed E-state index contributed by atoms with van der Waals surface area (Å²) in [5.41, 5.74) is 9.99. The van der Waals surface area contributed by atoms with Gasteiger partial charge in [-0.1, -0.05) is 32.0 Å². The molecular formula is C18H22N2O. The standard InChI is InChI=1S/C18H22N2O/c1-4-12(2)14-8-10-15(11-9-14)20-18(21)16-6-5-7-17(19)13(16)3/h5-12H,4,19H2,1-3H3,(H,20,21). The lowest BCUT2D eigenvalue weighted by atomic mass is 9.98. The molecule has 0 spiro atoms. The molecule has 21 heavy (non-hydrogen) atoms. The molecule has 1 amide bonds. The molecule has 0 fully saturated rings. The first-order valence-corrected chi connectivity index (χ1v) is 7.29. The lowest BCUT2D eigenvalue weighted by Crippen LogP contribution is -2.14. The lowest BCUT2D eigenvalue weighted by molar-refractivity contribution is 0.102. The van der Waals surface area contributed by atoms with Crippen LogP contribution in [0.25, 0.3) is 0 Å². The largest absolute Gasteiger partial charge is 0.398 e. The monoisotopic (exact) mass is 282 g/mol. The minimum Gasteiger partial charge on any atom is -0.398 e. The fourth-order valence-electron chi connectivity index (χ4n) is 2.23. The van der Waals surface area contributed by atoms with Crippen molar-refractivity contribution in [2.24, 2.45) is 0 Å². The quantitative estimate of drug-likeness (QED) is 0.819. The molecule has 3 heteroatoms. The number of amides is 1. The van der Waals surface area contributed by atoms with Gasteiger partial charge in [0.1, 0.15) is 0 Å². The first kappa shape index (κ1) is 15.1. The van der Waals surface area contributed by atoms with Gasteiger partial charge in [-0.15, -0.1) is 0 Å². The average Bonchev–Trinajstić information content (AvgIpc) is 2.50. The van der Waals surface area contributed by atoms with E-state index >= 15 is 0 Å². The zero-order chi connectivity index (χ0) is 15.4. The van der Waals surface area contributed by atoms with E-state index in [1.807, 2.05) is 19.1 Å². The van der Waals surface area contributed by atoms with Crippen molar-refractivity contribution in [3.05, 3.63) is 59.2 Å². The van der Waals surface area contributed by atoms with Crippen molar-refractivity contribution in [2.75, 3.05) is 11.1 Å². The molecule has 0 heterocycles. The molecule has 0 saturated carbocycles. The molecule has 2 rings (SSSR count). The first-order valence-electron chi connectivity index (χ1n) is 7.29. The molecule has 1 unspecified atom stereocenters. The van der Waals surface area contributed by atoms with Gasteiger partial charge in [0, 0.05) is 16.9 Å². The topological polar surface area (TPSA) is 55.1 Å². The van der Waals surface area contributed by atoms with Gasteiger partial charge in [0.25, 0.3) is 5.91 Å². The van der Waals surface area contributed by atoms with Gasteiger partial charge < -0.3 is 11.1 Å². The Morgan fingerprint density at radius 1 is 1.19 bits per heavy atom. The Bertz CT molecular complexity index is 632. The minimum atomic E-state index is -0.129. The minimum absolute atomic E-state index is 0.129. The highest BCUT2D eigenvalue weighted by Gasteiger charge is 2.11. The Labute approximate surface area is 126 Å². The van der Waals surface area contributed by atoms with Crippen LogP contribution in [0.3, 0.4) is 0 Å². The smallest absolute Gasteiger partial charge is 0.256 e. The van der Waals surface area contributed by atoms with E-state index < -0.39 is 0 Å². The summed E-state index contributed by atoms with van der Waals surface area (Å²) >= 11 is 0. The summed E-state index contributed by atoms with van der Waals surface area (Å²) in [5.74, 6) is 0.405. The third-order valence-corrected chi connectivity index (χ3v) is 3.97. The Balaban J connectivity index is 2.14. The number of nitrogen functional groups attached to an aromatic ring is 1. The summed E-state index contributed by atoms with van der Waals surface area (Å²) in [5, 5.41) is 2.92. The number of anilines is 2. The summed E-state index contributed by atoms with van der Waals surface area (Å²) in [4.78, 5) is 12.3. The van der Waals surface area contributed by atoms with Gasteiger partial charge >= 0.3 is 0 Å². The maximum absolute atomic E-state index is 12.3. The highest BCUT2D eigenvalue weighted by Crippen LogP contribution is 2.21. The summed E-state index contributed by atoms with van der Waals surface area (Å²) in [7, 11) is 0. The van der Waals surface area contributed by atoms with Gasteiger partial charge in [-0.3, -0.25) is 4.79 Å². The van der Waals surface area contributed by atoms with E-state index in [0.717, 1.165) is 17.7 Å². The predicted molar refractivity (Wildman–Crippen MR) is 88.7 cm³/mol. The van der Waals surface area contributed by atoms with E-state index in [4.69, 9.17) is 5.73 Å². The van der Waals surface area contributed by atoms with Crippen molar-refractivity contribution in [1.29, 1.82) is 0 Å². The summed E-state index contributed by atoms with van der Waals surface area (Å²) < 4.78 is 0. The molecule has 0 aliphatic carbocycles. The molecule has 0 aliphatic heterocycles. The van der Waals surface area contributed by atoms with Crippen LogP contribution in [0.15, 0.2) is 42.5 Å². The Hall–Kier alpha value is -2.29. The van der Waals surface area contributed by atoms with E-state index in [0.29, 0.717) is 17.2 Å². The number of benzene rings is 2. The fraction of sp³-hybridized carbons (Fsp3) is 0.278. The van der Waals surface area contributed by atoms with Crippen molar-refractivity contribution in [2.45, 2.75) is 33.1 Å². The maximum atomic E-state index is 12.3. The molecule has 2 aromatic carbocycles. The second-order valence-corrected chi connectivity index (χ2v) is 5.41. The Morgan fingerprint density at radius 2 is 1.86 bits per heavy atom. The van der Waals surface area contributed by atoms with Crippen LogP contribution in [-0.2, 0) is 0 Å². The molecule has 0 aliphatic rings. The van der Waals surface area contributed by atoms with E-state index in [9.17, 15) is 4.79 Å². The van der Waals surface area contributed by atoms with Gasteiger partial charge in [-0.05, 0) is 54.7 Å². The molecule has 3 nitrogen and oxygen atoms in total. The number of hydrogen-bond acceptors (Lipinski definition) is 2. The SMILES string of the molecule is CCC(C)c1ccc(NC(=O)c2cccc(N)c2C)cc1. The van der Waals surface area contributed by atoms with E-state index in [-0.39, 0.29) is 5.91 Å². The van der Waals surface area contributed by atoms with Crippen molar-refractivity contribution in [3.8, 4) is 0 Å². The van der Waals surface area contributed by atoms with E-state index in [1.165, 1.54) is 5.56 Å². The Kier molecular flexibility index (Phi) is 4.63. The number of nitrogens with one attached hydrogen (secondary N) is 1. The van der Waals surface area contributed by atoms with Gasteiger partial charge in [-0.25, -0.2) is 0 Å². The summed E-state index contributed by atoms with van der Waals surface area (Å²) in [6.45, 7) is 6.23. The van der Waals surface area contributed by atoms with Gasteiger partial charge in [0.05, 0.1) is 0 Å². The van der Waals surface area contributed by atoms with Gasteiger partial charge in [-0.2, -0.15) is 0 Å². The molecule has 0 aromatic heterocycles. The third kappa shape index (κ3) is 3.43. The highest BCUT2D eigenvalue weighted by atomic mass is 16.1. The molecule has 1 atom stereocenters. The normalized spacial score (nSPS) is 12.0.